The second-order valence-corrected chi connectivity index (χ2v) is 21.0. The standard InChI is InChI=1S/C60H50O24/c61-23-13-34(71)42-41(14-23)81-55(20-2-6-26(63)31(68)10-20)51(78)48(42)44-36(73)17-38(75)46-50(53(80)57(83-59(44)46)22-4-8-28(65)33(70)12-22)47-39(76)18-37(74)45-49(52(79)56(84-60(45)47)21-3-7-27(64)32(69)11-21)43-35(72)16-29(66)24-15-40(77)54(82-58(24)43)19-1-5-25(62)30(67)9-19/h1-14,16-18,40,48-57,61-80H,15H2/t40-,48?,49?,50?,51-,52-,53-,54-,55-,56-,57-/m1/s1. The summed E-state index contributed by atoms with van der Waals surface area (Å²) in [5.41, 5.74) is -3.20. The molecular weight excluding hydrogens is 1100 g/mol. The molecule has 0 aliphatic carbocycles. The number of benzene rings is 8. The van der Waals surface area contributed by atoms with Gasteiger partial charge in [-0.15, -0.1) is 0 Å². The SMILES string of the molecule is Oc1cc(O)c2c(c1)O[C@H](c1ccc(O)c(O)c1)[C@H](O)C2c1c(O)cc(O)c2c1O[C@H](c1ccc(O)c(O)c1)[C@H](O)C2c1c(O)cc(O)c2c1O[C@H](c1ccc(O)c(O)c1)[C@H](O)C2c1c(O)cc(O)c2c1O[C@H](c1ccc(O)c(O)c1)[C@H](O)C2. The number of fused-ring (bicyclic) bond motifs is 4. The maximum Gasteiger partial charge on any atom is 0.157 e. The van der Waals surface area contributed by atoms with E-state index in [4.69, 9.17) is 18.9 Å². The summed E-state index contributed by atoms with van der Waals surface area (Å²) in [6, 6.07) is 17.7. The smallest absolute Gasteiger partial charge is 0.157 e. The Hall–Kier alpha value is -10.4. The van der Waals surface area contributed by atoms with E-state index in [9.17, 15) is 102 Å². The molecule has 8 aromatic rings. The van der Waals surface area contributed by atoms with Gasteiger partial charge in [0.15, 0.2) is 64.3 Å². The number of aliphatic hydroxyl groups excluding tert-OH is 4. The Kier molecular flexibility index (Phi) is 12.7. The molecule has 12 rings (SSSR count). The van der Waals surface area contributed by atoms with E-state index in [1.807, 2.05) is 0 Å². The number of phenolic OH excluding ortho intramolecular Hbond substituents is 16. The van der Waals surface area contributed by atoms with Crippen LogP contribution >= 0.6 is 0 Å². The average Bonchev–Trinajstić information content (AvgIpc) is 1.45. The van der Waals surface area contributed by atoms with Crippen molar-refractivity contribution in [3.05, 3.63) is 164 Å². The molecule has 4 aliphatic heterocycles. The number of ether oxygens (including phenoxy) is 4. The molecule has 0 radical (unpaired) electrons. The van der Waals surface area contributed by atoms with E-state index in [2.05, 4.69) is 0 Å². The highest BCUT2D eigenvalue weighted by molar-refractivity contribution is 5.73. The Morgan fingerprint density at radius 1 is 0.274 bits per heavy atom. The molecule has 24 heteroatoms. The minimum absolute atomic E-state index is 0.00111. The molecule has 8 aromatic carbocycles. The average molecular weight is 1160 g/mol. The fraction of sp³-hybridized carbons (Fsp3) is 0.200. The third-order valence-corrected chi connectivity index (χ3v) is 16.0. The van der Waals surface area contributed by atoms with Crippen molar-refractivity contribution in [2.75, 3.05) is 0 Å². The Balaban J connectivity index is 1.14. The summed E-state index contributed by atoms with van der Waals surface area (Å²) in [6.45, 7) is 0. The first-order valence-electron chi connectivity index (χ1n) is 25.7. The van der Waals surface area contributed by atoms with Crippen LogP contribution in [0.15, 0.2) is 103 Å². The van der Waals surface area contributed by atoms with Crippen molar-refractivity contribution in [3.63, 3.8) is 0 Å². The molecule has 0 aromatic heterocycles. The van der Waals surface area contributed by atoms with E-state index < -0.39 is 210 Å². The third kappa shape index (κ3) is 8.44. The van der Waals surface area contributed by atoms with Crippen molar-refractivity contribution in [2.24, 2.45) is 0 Å². The molecular formula is C60H50O24. The van der Waals surface area contributed by atoms with E-state index in [1.54, 1.807) is 0 Å². The van der Waals surface area contributed by atoms with Crippen LogP contribution in [-0.2, 0) is 6.42 Å². The van der Waals surface area contributed by atoms with Gasteiger partial charge in [-0.2, -0.15) is 0 Å². The predicted octanol–water partition coefficient (Wildman–Crippen LogP) is 5.89. The maximum atomic E-state index is 13.1. The molecule has 0 amide bonds. The zero-order chi connectivity index (χ0) is 59.8. The summed E-state index contributed by atoms with van der Waals surface area (Å²) in [7, 11) is 0. The van der Waals surface area contributed by atoms with Crippen LogP contribution in [0.5, 0.6) is 115 Å². The van der Waals surface area contributed by atoms with Gasteiger partial charge in [-0.05, 0) is 70.8 Å². The lowest BCUT2D eigenvalue weighted by Gasteiger charge is -2.44. The van der Waals surface area contributed by atoms with Crippen LogP contribution in [-0.4, -0.2) is 127 Å². The Bertz CT molecular complexity index is 4030. The molecule has 0 bridgehead atoms. The van der Waals surface area contributed by atoms with Gasteiger partial charge < -0.3 is 121 Å². The lowest BCUT2D eigenvalue weighted by Crippen LogP contribution is -2.40. The van der Waals surface area contributed by atoms with Gasteiger partial charge >= 0.3 is 0 Å². The largest absolute Gasteiger partial charge is 0.508 e. The number of hydrogen-bond donors (Lipinski definition) is 20. The first-order chi connectivity index (χ1) is 39.9. The van der Waals surface area contributed by atoms with E-state index in [0.717, 1.165) is 78.9 Å². The molecule has 0 saturated heterocycles. The maximum absolute atomic E-state index is 13.1. The number of phenols is 16. The van der Waals surface area contributed by atoms with E-state index in [1.165, 1.54) is 24.3 Å². The monoisotopic (exact) mass is 1150 g/mol. The summed E-state index contributed by atoms with van der Waals surface area (Å²) in [6.07, 6.45) is -14.8. The topological polar surface area (TPSA) is 442 Å². The second kappa shape index (κ2) is 19.7. The van der Waals surface area contributed by atoms with E-state index in [-0.39, 0.29) is 39.1 Å². The lowest BCUT2D eigenvalue weighted by molar-refractivity contribution is -0.00858. The van der Waals surface area contributed by atoms with Crippen molar-refractivity contribution in [1.29, 1.82) is 0 Å². The summed E-state index contributed by atoms with van der Waals surface area (Å²) in [5.74, 6) is -19.0. The quantitative estimate of drug-likeness (QED) is 0.0827. The van der Waals surface area contributed by atoms with Gasteiger partial charge in [-0.1, -0.05) is 24.3 Å². The number of rotatable bonds is 7. The third-order valence-electron chi connectivity index (χ3n) is 16.0. The van der Waals surface area contributed by atoms with Crippen molar-refractivity contribution >= 4 is 0 Å². The zero-order valence-corrected chi connectivity index (χ0v) is 43.0. The predicted molar refractivity (Wildman–Crippen MR) is 285 cm³/mol. The van der Waals surface area contributed by atoms with Gasteiger partial charge in [0.25, 0.3) is 0 Å². The molecule has 24 nitrogen and oxygen atoms in total. The highest BCUT2D eigenvalue weighted by atomic mass is 16.5. The highest BCUT2D eigenvalue weighted by Crippen LogP contribution is 2.65. The van der Waals surface area contributed by atoms with E-state index in [0.29, 0.717) is 0 Å². The van der Waals surface area contributed by atoms with Gasteiger partial charge in [0.1, 0.15) is 93.4 Å². The van der Waals surface area contributed by atoms with Crippen LogP contribution in [0.2, 0.25) is 0 Å². The zero-order valence-electron chi connectivity index (χ0n) is 43.0. The molecule has 4 heterocycles. The minimum Gasteiger partial charge on any atom is -0.508 e. The minimum atomic E-state index is -2.15. The fourth-order valence-electron chi connectivity index (χ4n) is 12.2. The lowest BCUT2D eigenvalue weighted by atomic mass is 9.72. The molecule has 20 N–H and O–H groups in total. The number of aromatic hydroxyl groups is 16. The van der Waals surface area contributed by atoms with Crippen LogP contribution in [0.25, 0.3) is 0 Å². The Labute approximate surface area is 472 Å². The van der Waals surface area contributed by atoms with Crippen LogP contribution in [0.1, 0.15) is 103 Å². The van der Waals surface area contributed by atoms with Gasteiger partial charge in [0, 0.05) is 75.7 Å². The van der Waals surface area contributed by atoms with Crippen LogP contribution in [0.3, 0.4) is 0 Å². The van der Waals surface area contributed by atoms with Gasteiger partial charge in [0.05, 0.1) is 23.9 Å². The first kappa shape index (κ1) is 54.2. The Morgan fingerprint density at radius 2 is 0.583 bits per heavy atom. The molecule has 84 heavy (non-hydrogen) atoms. The number of aliphatic hydroxyl groups is 4. The molecule has 434 valence electrons. The van der Waals surface area contributed by atoms with Crippen molar-refractivity contribution < 1.29 is 121 Å². The van der Waals surface area contributed by atoms with Crippen LogP contribution < -0.4 is 18.9 Å². The summed E-state index contributed by atoms with van der Waals surface area (Å²) in [4.78, 5) is 0. The molecule has 0 saturated carbocycles. The first-order valence-corrected chi connectivity index (χ1v) is 25.7. The highest BCUT2D eigenvalue weighted by Gasteiger charge is 2.53. The molecule has 3 unspecified atom stereocenters. The summed E-state index contributed by atoms with van der Waals surface area (Å²) in [5, 5.41) is 229. The van der Waals surface area contributed by atoms with Gasteiger partial charge in [0.2, 0.25) is 0 Å². The molecule has 0 spiro atoms. The van der Waals surface area contributed by atoms with Crippen LogP contribution in [0, 0.1) is 0 Å². The summed E-state index contributed by atoms with van der Waals surface area (Å²) < 4.78 is 25.8. The van der Waals surface area contributed by atoms with Crippen LogP contribution in [0.4, 0.5) is 0 Å². The van der Waals surface area contributed by atoms with E-state index >= 15 is 0 Å². The molecule has 11 atom stereocenters. The summed E-state index contributed by atoms with van der Waals surface area (Å²) >= 11 is 0. The van der Waals surface area contributed by atoms with Gasteiger partial charge in [-0.3, -0.25) is 0 Å². The Morgan fingerprint density at radius 3 is 0.964 bits per heavy atom. The van der Waals surface area contributed by atoms with Crippen molar-refractivity contribution in [2.45, 2.75) is 73.0 Å². The fourth-order valence-corrected chi connectivity index (χ4v) is 12.2. The number of hydrogen-bond acceptors (Lipinski definition) is 24. The van der Waals surface area contributed by atoms with Crippen molar-refractivity contribution in [3.8, 4) is 115 Å². The van der Waals surface area contributed by atoms with Crippen molar-refractivity contribution in [1.82, 2.24) is 0 Å². The second-order valence-electron chi connectivity index (χ2n) is 21.0. The molecule has 0 fully saturated rings. The molecule has 4 aliphatic rings. The van der Waals surface area contributed by atoms with Gasteiger partial charge in [-0.25, -0.2) is 0 Å². The normalized spacial score (nSPS) is 24.0.